The smallest absolute Gasteiger partial charge is 0.387 e. The van der Waals surface area contributed by atoms with Crippen LogP contribution in [-0.4, -0.2) is 27.5 Å². The first-order chi connectivity index (χ1) is 12.2. The zero-order valence-electron chi connectivity index (χ0n) is 12.9. The summed E-state index contributed by atoms with van der Waals surface area (Å²) >= 11 is 0. The van der Waals surface area contributed by atoms with Crippen molar-refractivity contribution in [1.82, 2.24) is 4.72 Å². The van der Waals surface area contributed by atoms with Gasteiger partial charge in [-0.1, -0.05) is 6.07 Å². The lowest BCUT2D eigenvalue weighted by atomic mass is 10.3. The molecule has 26 heavy (non-hydrogen) atoms. The van der Waals surface area contributed by atoms with E-state index in [1.54, 1.807) is 4.72 Å². The Balaban J connectivity index is 1.98. The van der Waals surface area contributed by atoms with Gasteiger partial charge in [0, 0.05) is 5.69 Å². The monoisotopic (exact) mass is 392 g/mol. The van der Waals surface area contributed by atoms with Crippen molar-refractivity contribution >= 4 is 21.6 Å². The lowest BCUT2D eigenvalue weighted by Crippen LogP contribution is -2.33. The summed E-state index contributed by atoms with van der Waals surface area (Å²) < 4.78 is 80.8. The van der Waals surface area contributed by atoms with Gasteiger partial charge in [0.1, 0.15) is 17.4 Å². The van der Waals surface area contributed by atoms with Crippen molar-refractivity contribution in [1.29, 1.82) is 0 Å². The third kappa shape index (κ3) is 5.17. The van der Waals surface area contributed by atoms with Gasteiger partial charge in [-0.2, -0.15) is 8.78 Å². The lowest BCUT2D eigenvalue weighted by molar-refractivity contribution is -0.115. The number of hydrogen-bond donors (Lipinski definition) is 2. The number of anilines is 1. The zero-order chi connectivity index (χ0) is 19.3. The van der Waals surface area contributed by atoms with E-state index in [0.29, 0.717) is 0 Å². The summed E-state index contributed by atoms with van der Waals surface area (Å²) in [6.07, 6.45) is 0. The van der Waals surface area contributed by atoms with E-state index in [-0.39, 0.29) is 11.4 Å². The van der Waals surface area contributed by atoms with Gasteiger partial charge in [0.25, 0.3) is 0 Å². The number of alkyl halides is 2. The van der Waals surface area contributed by atoms with Crippen LogP contribution in [0.15, 0.2) is 47.4 Å². The molecule has 11 heteroatoms. The number of rotatable bonds is 7. The number of benzene rings is 2. The highest BCUT2D eigenvalue weighted by Crippen LogP contribution is 2.19. The first kappa shape index (κ1) is 19.7. The van der Waals surface area contributed by atoms with E-state index in [9.17, 15) is 30.8 Å². The van der Waals surface area contributed by atoms with Crippen LogP contribution in [0.2, 0.25) is 0 Å². The molecule has 2 N–H and O–H groups in total. The maximum Gasteiger partial charge on any atom is 0.387 e. The molecular formula is C15H12F4N2O4S. The van der Waals surface area contributed by atoms with Crippen molar-refractivity contribution in [3.63, 3.8) is 0 Å². The lowest BCUT2D eigenvalue weighted by Gasteiger charge is -2.10. The number of ether oxygens (including phenoxy) is 1. The molecule has 0 fully saturated rings. The fourth-order valence-electron chi connectivity index (χ4n) is 1.90. The molecule has 0 saturated carbocycles. The van der Waals surface area contributed by atoms with E-state index in [2.05, 4.69) is 10.1 Å². The first-order valence-electron chi connectivity index (χ1n) is 6.97. The third-order valence-electron chi connectivity index (χ3n) is 2.97. The second kappa shape index (κ2) is 8.15. The summed E-state index contributed by atoms with van der Waals surface area (Å²) in [5, 5.41) is 2.28. The van der Waals surface area contributed by atoms with Crippen LogP contribution in [0.1, 0.15) is 0 Å². The Morgan fingerprint density at radius 2 is 1.62 bits per heavy atom. The fraction of sp³-hybridized carbons (Fsp3) is 0.133. The van der Waals surface area contributed by atoms with Gasteiger partial charge in [0.2, 0.25) is 15.9 Å². The molecule has 140 valence electrons. The molecule has 2 rings (SSSR count). The summed E-state index contributed by atoms with van der Waals surface area (Å²) in [6.45, 7) is -3.80. The minimum absolute atomic E-state index is 0.131. The summed E-state index contributed by atoms with van der Waals surface area (Å²) in [5.41, 5.74) is 0.174. The highest BCUT2D eigenvalue weighted by molar-refractivity contribution is 7.89. The van der Waals surface area contributed by atoms with Crippen LogP contribution in [-0.2, 0) is 14.8 Å². The fourth-order valence-corrected chi connectivity index (χ4v) is 3.01. The molecule has 0 atom stereocenters. The Kier molecular flexibility index (Phi) is 6.16. The van der Waals surface area contributed by atoms with Crippen LogP contribution in [0.25, 0.3) is 0 Å². The summed E-state index contributed by atoms with van der Waals surface area (Å²) in [4.78, 5) is 10.6. The molecular weight excluding hydrogens is 380 g/mol. The molecule has 1 amide bonds. The predicted molar refractivity (Wildman–Crippen MR) is 83.3 cm³/mol. The van der Waals surface area contributed by atoms with Crippen molar-refractivity contribution in [3.8, 4) is 5.75 Å². The summed E-state index contributed by atoms with van der Waals surface area (Å²) in [6, 6.07) is 7.36. The maximum absolute atomic E-state index is 13.5. The molecule has 0 aliphatic rings. The second-order valence-corrected chi connectivity index (χ2v) is 6.53. The molecule has 0 spiro atoms. The largest absolute Gasteiger partial charge is 0.435 e. The molecule has 0 saturated heterocycles. The Bertz CT molecular complexity index is 869. The van der Waals surface area contributed by atoms with E-state index < -0.39 is 45.6 Å². The molecule has 2 aromatic rings. The van der Waals surface area contributed by atoms with Crippen LogP contribution in [0, 0.1) is 11.6 Å². The number of carbonyl (C=O) groups is 1. The third-order valence-corrected chi connectivity index (χ3v) is 4.43. The molecule has 0 aliphatic carbocycles. The van der Waals surface area contributed by atoms with Crippen LogP contribution in [0.5, 0.6) is 5.75 Å². The number of amides is 1. The number of hydrogen-bond acceptors (Lipinski definition) is 4. The Labute approximate surface area is 145 Å². The van der Waals surface area contributed by atoms with E-state index in [1.165, 1.54) is 24.3 Å². The predicted octanol–water partition coefficient (Wildman–Crippen LogP) is 2.48. The minimum Gasteiger partial charge on any atom is -0.435 e. The second-order valence-electron chi connectivity index (χ2n) is 4.83. The van der Waals surface area contributed by atoms with Crippen LogP contribution < -0.4 is 14.8 Å². The van der Waals surface area contributed by atoms with Crippen molar-refractivity contribution in [3.05, 3.63) is 54.1 Å². The van der Waals surface area contributed by atoms with Gasteiger partial charge >= 0.3 is 6.61 Å². The maximum atomic E-state index is 13.5. The summed E-state index contributed by atoms with van der Waals surface area (Å²) in [5.74, 6) is -3.57. The topological polar surface area (TPSA) is 84.5 Å². The van der Waals surface area contributed by atoms with Gasteiger partial charge < -0.3 is 10.1 Å². The van der Waals surface area contributed by atoms with Gasteiger partial charge in [0.15, 0.2) is 4.90 Å². The molecule has 0 unspecified atom stereocenters. The van der Waals surface area contributed by atoms with Gasteiger partial charge in [0.05, 0.1) is 6.54 Å². The average Bonchev–Trinajstić information content (AvgIpc) is 2.54. The molecule has 0 bridgehead atoms. The van der Waals surface area contributed by atoms with Crippen LogP contribution in [0.3, 0.4) is 0 Å². The normalized spacial score (nSPS) is 11.4. The van der Waals surface area contributed by atoms with Crippen LogP contribution >= 0.6 is 0 Å². The number of sulfonamides is 1. The zero-order valence-corrected chi connectivity index (χ0v) is 13.7. The standard InChI is InChI=1S/C15H12F4N2O4S/c16-11-2-1-3-12(17)14(11)26(23,24)20-8-13(22)21-9-4-6-10(7-5-9)25-15(18)19/h1-7,15,20H,8H2,(H,21,22). The van der Waals surface area contributed by atoms with E-state index in [0.717, 1.165) is 18.2 Å². The number of halogens is 4. The number of nitrogens with one attached hydrogen (secondary N) is 2. The van der Waals surface area contributed by atoms with Crippen molar-refractivity contribution in [2.45, 2.75) is 11.5 Å². The minimum atomic E-state index is -4.59. The Hall–Kier alpha value is -2.66. The van der Waals surface area contributed by atoms with Crippen molar-refractivity contribution in [2.75, 3.05) is 11.9 Å². The Morgan fingerprint density at radius 1 is 1.04 bits per heavy atom. The van der Waals surface area contributed by atoms with E-state index in [1.807, 2.05) is 0 Å². The van der Waals surface area contributed by atoms with Gasteiger partial charge in [-0.05, 0) is 36.4 Å². The van der Waals surface area contributed by atoms with Crippen molar-refractivity contribution in [2.24, 2.45) is 0 Å². The first-order valence-corrected chi connectivity index (χ1v) is 8.46. The molecule has 0 radical (unpaired) electrons. The summed E-state index contributed by atoms with van der Waals surface area (Å²) in [7, 11) is -4.59. The quantitative estimate of drug-likeness (QED) is 0.709. The molecule has 2 aromatic carbocycles. The van der Waals surface area contributed by atoms with E-state index >= 15 is 0 Å². The molecule has 0 heterocycles. The number of carbonyl (C=O) groups excluding carboxylic acids is 1. The highest BCUT2D eigenvalue weighted by Gasteiger charge is 2.24. The SMILES string of the molecule is O=C(CNS(=O)(=O)c1c(F)cccc1F)Nc1ccc(OC(F)F)cc1. The van der Waals surface area contributed by atoms with E-state index in [4.69, 9.17) is 0 Å². The molecule has 6 nitrogen and oxygen atoms in total. The molecule has 0 aromatic heterocycles. The average molecular weight is 392 g/mol. The van der Waals surface area contributed by atoms with Gasteiger partial charge in [-0.15, -0.1) is 0 Å². The van der Waals surface area contributed by atoms with Gasteiger partial charge in [-0.3, -0.25) is 4.79 Å². The molecule has 0 aliphatic heterocycles. The van der Waals surface area contributed by atoms with Crippen molar-refractivity contribution < 1.29 is 35.5 Å². The Morgan fingerprint density at radius 3 is 2.15 bits per heavy atom. The van der Waals surface area contributed by atoms with Gasteiger partial charge in [-0.25, -0.2) is 21.9 Å². The highest BCUT2D eigenvalue weighted by atomic mass is 32.2. The van der Waals surface area contributed by atoms with Crippen LogP contribution in [0.4, 0.5) is 23.2 Å².